The van der Waals surface area contributed by atoms with E-state index >= 15 is 0 Å². The Hall–Kier alpha value is -2.25. The van der Waals surface area contributed by atoms with Gasteiger partial charge in [0.05, 0.1) is 0 Å². The summed E-state index contributed by atoms with van der Waals surface area (Å²) < 4.78 is 1.64. The number of hydrogen-bond donors (Lipinski definition) is 0. The van der Waals surface area contributed by atoms with Crippen molar-refractivity contribution in [2.24, 2.45) is 4.99 Å². The Morgan fingerprint density at radius 1 is 0.900 bits per heavy atom. The first kappa shape index (κ1) is 24.0. The molecular formula is C25H28N2OPSe. The fraction of sp³-hybridized carbons (Fsp3) is 0.200. The van der Waals surface area contributed by atoms with E-state index in [1.807, 2.05) is 75.1 Å². The van der Waals surface area contributed by atoms with Gasteiger partial charge < -0.3 is 0 Å². The summed E-state index contributed by atoms with van der Waals surface area (Å²) in [5.41, 5.74) is 5.76. The Labute approximate surface area is 190 Å². The van der Waals surface area contributed by atoms with Crippen LogP contribution in [0.3, 0.4) is 0 Å². The SMILES string of the molecule is CC.CP.O=C1c2ccc(N=C(c3ccccc3)c3ccccc3)cc2CCN1[Se]. The van der Waals surface area contributed by atoms with E-state index in [2.05, 4.69) is 49.7 Å². The van der Waals surface area contributed by atoms with Crippen molar-refractivity contribution >= 4 is 42.8 Å². The van der Waals surface area contributed by atoms with Crippen LogP contribution < -0.4 is 0 Å². The molecule has 0 saturated heterocycles. The minimum atomic E-state index is 0.0353. The zero-order valence-electron chi connectivity index (χ0n) is 17.7. The Bertz CT molecular complexity index is 933. The quantitative estimate of drug-likeness (QED) is 0.278. The van der Waals surface area contributed by atoms with Crippen molar-refractivity contribution in [1.82, 2.24) is 3.92 Å². The van der Waals surface area contributed by atoms with Crippen LogP contribution in [0.1, 0.15) is 40.9 Å². The van der Waals surface area contributed by atoms with Crippen molar-refractivity contribution in [3.05, 3.63) is 101 Å². The maximum absolute atomic E-state index is 12.3. The number of benzene rings is 3. The van der Waals surface area contributed by atoms with Crippen molar-refractivity contribution in [2.45, 2.75) is 20.3 Å². The minimum absolute atomic E-state index is 0.0353. The van der Waals surface area contributed by atoms with E-state index in [1.54, 1.807) is 3.92 Å². The molecule has 0 fully saturated rings. The molecule has 1 heterocycles. The fourth-order valence-corrected chi connectivity index (χ4v) is 3.54. The normalized spacial score (nSPS) is 11.9. The molecule has 0 bridgehead atoms. The summed E-state index contributed by atoms with van der Waals surface area (Å²) in [6.45, 7) is 6.61. The molecule has 0 N–H and O–H groups in total. The number of carbonyl (C=O) groups is 1. The molecule has 0 aliphatic carbocycles. The van der Waals surface area contributed by atoms with E-state index < -0.39 is 0 Å². The zero-order valence-corrected chi connectivity index (χ0v) is 20.6. The molecule has 3 aromatic rings. The van der Waals surface area contributed by atoms with Crippen LogP contribution in [-0.4, -0.2) is 45.0 Å². The van der Waals surface area contributed by atoms with Gasteiger partial charge in [-0.3, -0.25) is 0 Å². The molecule has 1 atom stereocenters. The second-order valence-corrected chi connectivity index (χ2v) is 7.12. The van der Waals surface area contributed by atoms with Crippen molar-refractivity contribution in [3.63, 3.8) is 0 Å². The van der Waals surface area contributed by atoms with Gasteiger partial charge >= 0.3 is 161 Å². The maximum atomic E-state index is 12.3. The number of fused-ring (bicyclic) bond motifs is 1. The predicted octanol–water partition coefficient (Wildman–Crippen LogP) is 5.46. The van der Waals surface area contributed by atoms with Gasteiger partial charge in [-0.25, -0.2) is 0 Å². The second kappa shape index (κ2) is 12.4. The first-order valence-electron chi connectivity index (χ1n) is 10.1. The Kier molecular flexibility index (Phi) is 9.97. The van der Waals surface area contributed by atoms with E-state index in [4.69, 9.17) is 4.99 Å². The molecule has 1 unspecified atom stereocenters. The standard InChI is InChI=1S/C22H17N2OSe.C2H6.CH5P/c25-22-20-12-11-19(15-18(20)13-14-24(22)26)23-21(16-7-3-1-4-8-16)17-9-5-2-6-10-17;2*1-2/h1-12,15H,13-14H2;1-2H3;2H2,1H3. The van der Waals surface area contributed by atoms with Crippen LogP contribution in [0.15, 0.2) is 83.9 Å². The molecule has 5 heteroatoms. The molecule has 155 valence electrons. The van der Waals surface area contributed by atoms with Crippen LogP contribution in [0.25, 0.3) is 0 Å². The van der Waals surface area contributed by atoms with Crippen LogP contribution in [0.4, 0.5) is 5.69 Å². The van der Waals surface area contributed by atoms with Gasteiger partial charge in [0.25, 0.3) is 0 Å². The summed E-state index contributed by atoms with van der Waals surface area (Å²) in [6, 6.07) is 26.2. The van der Waals surface area contributed by atoms with Gasteiger partial charge in [0.2, 0.25) is 0 Å². The van der Waals surface area contributed by atoms with Crippen molar-refractivity contribution in [1.29, 1.82) is 0 Å². The third kappa shape index (κ3) is 5.89. The van der Waals surface area contributed by atoms with Gasteiger partial charge in [0, 0.05) is 0 Å². The summed E-state index contributed by atoms with van der Waals surface area (Å²) in [5.74, 6) is 0.0353. The predicted molar refractivity (Wildman–Crippen MR) is 132 cm³/mol. The molecule has 1 aliphatic rings. The number of carbonyl (C=O) groups excluding carboxylic acids is 1. The van der Waals surface area contributed by atoms with E-state index in [0.717, 1.165) is 40.1 Å². The van der Waals surface area contributed by atoms with Gasteiger partial charge in [0.1, 0.15) is 0 Å². The van der Waals surface area contributed by atoms with E-state index in [1.165, 1.54) is 0 Å². The van der Waals surface area contributed by atoms with Gasteiger partial charge in [0.15, 0.2) is 0 Å². The number of rotatable bonds is 3. The van der Waals surface area contributed by atoms with Crippen LogP contribution in [-0.2, 0) is 6.42 Å². The third-order valence-corrected chi connectivity index (χ3v) is 5.20. The Morgan fingerprint density at radius 3 is 1.97 bits per heavy atom. The molecule has 4 rings (SSSR count). The van der Waals surface area contributed by atoms with Crippen LogP contribution in [0.2, 0.25) is 0 Å². The Balaban J connectivity index is 0.000000757. The molecule has 30 heavy (non-hydrogen) atoms. The molecule has 0 aromatic heterocycles. The number of nitrogens with zero attached hydrogens (tertiary/aromatic N) is 2. The first-order valence-corrected chi connectivity index (χ1v) is 12.0. The van der Waals surface area contributed by atoms with Gasteiger partial charge in [-0.15, -0.1) is 9.24 Å². The molecule has 0 saturated carbocycles. The first-order chi connectivity index (χ1) is 14.7. The topological polar surface area (TPSA) is 32.7 Å². The van der Waals surface area contributed by atoms with Crippen LogP contribution >= 0.6 is 9.24 Å². The van der Waals surface area contributed by atoms with E-state index in [9.17, 15) is 4.79 Å². The molecular weight excluding hydrogens is 454 g/mol. The van der Waals surface area contributed by atoms with Gasteiger partial charge in [-0.2, -0.15) is 0 Å². The van der Waals surface area contributed by atoms with Crippen molar-refractivity contribution in [2.75, 3.05) is 13.2 Å². The Morgan fingerprint density at radius 2 is 1.43 bits per heavy atom. The van der Waals surface area contributed by atoms with E-state index in [0.29, 0.717) is 6.54 Å². The van der Waals surface area contributed by atoms with Crippen LogP contribution in [0, 0.1) is 0 Å². The summed E-state index contributed by atoms with van der Waals surface area (Å²) in [6.07, 6.45) is 0.837. The van der Waals surface area contributed by atoms with Crippen molar-refractivity contribution < 1.29 is 4.79 Å². The average Bonchev–Trinajstić information content (AvgIpc) is 2.83. The summed E-state index contributed by atoms with van der Waals surface area (Å²) in [5, 5.41) is 0. The van der Waals surface area contributed by atoms with Crippen molar-refractivity contribution in [3.8, 4) is 0 Å². The monoisotopic (exact) mass is 483 g/mol. The van der Waals surface area contributed by atoms with Gasteiger partial charge in [-0.1, -0.05) is 20.5 Å². The molecule has 1 aliphatic heterocycles. The fourth-order valence-electron chi connectivity index (χ4n) is 3.14. The van der Waals surface area contributed by atoms with Crippen LogP contribution in [0.5, 0.6) is 0 Å². The zero-order chi connectivity index (χ0) is 21.9. The van der Waals surface area contributed by atoms with E-state index in [-0.39, 0.29) is 5.91 Å². The second-order valence-electron chi connectivity index (χ2n) is 6.19. The summed E-state index contributed by atoms with van der Waals surface area (Å²) in [4.78, 5) is 17.2. The third-order valence-electron chi connectivity index (χ3n) is 4.47. The van der Waals surface area contributed by atoms with Gasteiger partial charge in [-0.05, 0) is 0 Å². The average molecular weight is 482 g/mol. The molecule has 1 amide bonds. The molecule has 3 nitrogen and oxygen atoms in total. The molecule has 1 radical (unpaired) electrons. The summed E-state index contributed by atoms with van der Waals surface area (Å²) >= 11 is 2.82. The number of hydrogen-bond acceptors (Lipinski definition) is 2. The molecule has 3 aromatic carbocycles. The summed E-state index contributed by atoms with van der Waals surface area (Å²) in [7, 11) is 2.42. The molecule has 0 spiro atoms. The number of aliphatic imine (C=N–C) groups is 1. The number of amides is 1.